The average Bonchev–Trinajstić information content (AvgIpc) is 2.93. The summed E-state index contributed by atoms with van der Waals surface area (Å²) >= 11 is 3.44. The minimum absolute atomic E-state index is 1.02. The van der Waals surface area contributed by atoms with Gasteiger partial charge in [0.25, 0.3) is 0 Å². The highest BCUT2D eigenvalue weighted by Gasteiger charge is 2.09. The Morgan fingerprint density at radius 3 is 2.88 bits per heavy atom. The van der Waals surface area contributed by atoms with Crippen LogP contribution in [-0.2, 0) is 6.42 Å². The number of rotatable bonds is 6. The van der Waals surface area contributed by atoms with Crippen LogP contribution in [0, 0.1) is 6.92 Å². The normalized spacial score (nSPS) is 10.9. The van der Waals surface area contributed by atoms with E-state index in [0.717, 1.165) is 35.9 Å². The van der Waals surface area contributed by atoms with Crippen LogP contribution in [0.1, 0.15) is 23.9 Å². The molecule has 0 saturated heterocycles. The van der Waals surface area contributed by atoms with Gasteiger partial charge in [0.1, 0.15) is 10.0 Å². The second-order valence-corrected chi connectivity index (χ2v) is 5.73. The molecule has 0 aliphatic rings. The molecule has 3 nitrogen and oxygen atoms in total. The van der Waals surface area contributed by atoms with Gasteiger partial charge in [-0.25, -0.2) is 0 Å². The van der Waals surface area contributed by atoms with E-state index in [2.05, 4.69) is 40.1 Å². The molecular weight excluding hydrogens is 250 g/mol. The Morgan fingerprint density at radius 1 is 1.29 bits per heavy atom. The molecule has 0 radical (unpaired) electrons. The van der Waals surface area contributed by atoms with Crippen molar-refractivity contribution < 1.29 is 0 Å². The fraction of sp³-hybridized carbons (Fsp3) is 0.500. The molecule has 0 unspecified atom stereocenters. The Hall–Kier alpha value is -0.780. The third-order valence-electron chi connectivity index (χ3n) is 2.55. The molecule has 0 aliphatic heterocycles. The first-order valence-corrected chi connectivity index (χ1v) is 7.63. The molecule has 2 aromatic rings. The Morgan fingerprint density at radius 2 is 2.18 bits per heavy atom. The van der Waals surface area contributed by atoms with Gasteiger partial charge < -0.3 is 5.32 Å². The van der Waals surface area contributed by atoms with Crippen molar-refractivity contribution in [2.75, 3.05) is 13.1 Å². The lowest BCUT2D eigenvalue weighted by atomic mass is 10.2. The first-order chi connectivity index (χ1) is 8.31. The number of nitrogens with zero attached hydrogens (tertiary/aromatic N) is 2. The van der Waals surface area contributed by atoms with Crippen LogP contribution in [0.25, 0.3) is 10.6 Å². The summed E-state index contributed by atoms with van der Waals surface area (Å²) in [6, 6.07) is 0. The van der Waals surface area contributed by atoms with Crippen LogP contribution in [0.2, 0.25) is 0 Å². The van der Waals surface area contributed by atoms with Crippen LogP contribution in [0.15, 0.2) is 10.8 Å². The molecule has 0 amide bonds. The predicted octanol–water partition coefficient (Wildman–Crippen LogP) is 3.12. The summed E-state index contributed by atoms with van der Waals surface area (Å²) in [6.07, 6.45) is 2.15. The number of hydrogen-bond donors (Lipinski definition) is 1. The van der Waals surface area contributed by atoms with Crippen molar-refractivity contribution in [3.8, 4) is 10.6 Å². The van der Waals surface area contributed by atoms with Crippen molar-refractivity contribution in [2.24, 2.45) is 0 Å². The Bertz CT molecular complexity index is 462. The maximum Gasteiger partial charge on any atom is 0.148 e. The van der Waals surface area contributed by atoms with Crippen LogP contribution in [0.5, 0.6) is 0 Å². The summed E-state index contributed by atoms with van der Waals surface area (Å²) in [7, 11) is 0. The van der Waals surface area contributed by atoms with E-state index < -0.39 is 0 Å². The van der Waals surface area contributed by atoms with Crippen LogP contribution in [0.3, 0.4) is 0 Å². The fourth-order valence-corrected chi connectivity index (χ4v) is 3.45. The monoisotopic (exact) mass is 267 g/mol. The molecule has 5 heteroatoms. The van der Waals surface area contributed by atoms with E-state index in [4.69, 9.17) is 0 Å². The van der Waals surface area contributed by atoms with E-state index in [9.17, 15) is 0 Å². The number of nitrogens with one attached hydrogen (secondary N) is 1. The second kappa shape index (κ2) is 6.23. The van der Waals surface area contributed by atoms with Gasteiger partial charge in [-0.2, -0.15) is 11.3 Å². The Kier molecular flexibility index (Phi) is 4.65. The van der Waals surface area contributed by atoms with Crippen LogP contribution in [0.4, 0.5) is 0 Å². The lowest BCUT2D eigenvalue weighted by molar-refractivity contribution is 0.669. The zero-order valence-electron chi connectivity index (χ0n) is 10.2. The van der Waals surface area contributed by atoms with Crippen molar-refractivity contribution in [3.05, 3.63) is 21.3 Å². The standard InChI is InChI=1S/C12H17N3S2/c1-3-13-6-4-5-11-14-15-12(17-11)10-8-16-7-9(10)2/h7-8,13H,3-6H2,1-2H3. The third kappa shape index (κ3) is 3.34. The van der Waals surface area contributed by atoms with Crippen LogP contribution in [-0.4, -0.2) is 23.3 Å². The summed E-state index contributed by atoms with van der Waals surface area (Å²) in [5, 5.41) is 18.4. The van der Waals surface area contributed by atoms with E-state index in [0.29, 0.717) is 0 Å². The molecule has 0 fully saturated rings. The molecule has 17 heavy (non-hydrogen) atoms. The van der Waals surface area contributed by atoms with Crippen molar-refractivity contribution in [3.63, 3.8) is 0 Å². The molecule has 0 aliphatic carbocycles. The first kappa shape index (κ1) is 12.7. The quantitative estimate of drug-likeness (QED) is 0.817. The van der Waals surface area contributed by atoms with Gasteiger partial charge in [0, 0.05) is 17.4 Å². The predicted molar refractivity (Wildman–Crippen MR) is 74.8 cm³/mol. The fourth-order valence-electron chi connectivity index (χ4n) is 1.58. The third-order valence-corrected chi connectivity index (χ3v) is 4.42. The van der Waals surface area contributed by atoms with E-state index in [1.54, 1.807) is 22.7 Å². The zero-order chi connectivity index (χ0) is 12.1. The van der Waals surface area contributed by atoms with E-state index in [-0.39, 0.29) is 0 Å². The van der Waals surface area contributed by atoms with Crippen molar-refractivity contribution in [1.82, 2.24) is 15.5 Å². The van der Waals surface area contributed by atoms with Gasteiger partial charge in [0.05, 0.1) is 0 Å². The Labute approximate surface area is 110 Å². The lowest BCUT2D eigenvalue weighted by Crippen LogP contribution is -2.14. The van der Waals surface area contributed by atoms with Gasteiger partial charge in [-0.3, -0.25) is 0 Å². The first-order valence-electron chi connectivity index (χ1n) is 5.87. The maximum atomic E-state index is 4.27. The number of aromatic nitrogens is 2. The van der Waals surface area contributed by atoms with Crippen molar-refractivity contribution in [1.29, 1.82) is 0 Å². The minimum Gasteiger partial charge on any atom is -0.317 e. The number of thiophene rings is 1. The molecule has 0 bridgehead atoms. The van der Waals surface area contributed by atoms with Gasteiger partial charge in [-0.05, 0) is 37.4 Å². The highest BCUT2D eigenvalue weighted by molar-refractivity contribution is 7.15. The highest BCUT2D eigenvalue weighted by atomic mass is 32.1. The van der Waals surface area contributed by atoms with Gasteiger partial charge in [-0.15, -0.1) is 10.2 Å². The van der Waals surface area contributed by atoms with Crippen LogP contribution >= 0.6 is 22.7 Å². The Balaban J connectivity index is 1.95. The lowest BCUT2D eigenvalue weighted by Gasteiger charge is -1.97. The summed E-state index contributed by atoms with van der Waals surface area (Å²) < 4.78 is 0. The second-order valence-electron chi connectivity index (χ2n) is 3.93. The zero-order valence-corrected chi connectivity index (χ0v) is 11.8. The highest BCUT2D eigenvalue weighted by Crippen LogP contribution is 2.29. The molecule has 2 heterocycles. The number of aryl methyl sites for hydroxylation is 2. The van der Waals surface area contributed by atoms with E-state index >= 15 is 0 Å². The van der Waals surface area contributed by atoms with Gasteiger partial charge >= 0.3 is 0 Å². The molecule has 0 spiro atoms. The maximum absolute atomic E-state index is 4.27. The topological polar surface area (TPSA) is 37.8 Å². The molecule has 0 atom stereocenters. The summed E-state index contributed by atoms with van der Waals surface area (Å²) in [4.78, 5) is 0. The molecule has 1 N–H and O–H groups in total. The molecular formula is C12H17N3S2. The molecule has 0 saturated carbocycles. The van der Waals surface area contributed by atoms with Gasteiger partial charge in [0.2, 0.25) is 0 Å². The SMILES string of the molecule is CCNCCCc1nnc(-c2cscc2C)s1. The van der Waals surface area contributed by atoms with E-state index in [1.807, 2.05) is 0 Å². The minimum atomic E-state index is 1.02. The van der Waals surface area contributed by atoms with E-state index in [1.165, 1.54) is 11.1 Å². The van der Waals surface area contributed by atoms with Gasteiger partial charge in [-0.1, -0.05) is 18.3 Å². The molecule has 92 valence electrons. The largest absolute Gasteiger partial charge is 0.317 e. The number of hydrogen-bond acceptors (Lipinski definition) is 5. The molecule has 2 rings (SSSR count). The summed E-state index contributed by atoms with van der Waals surface area (Å²) in [6.45, 7) is 6.35. The molecule has 2 aromatic heterocycles. The summed E-state index contributed by atoms with van der Waals surface area (Å²) in [5.41, 5.74) is 2.54. The smallest absolute Gasteiger partial charge is 0.148 e. The summed E-state index contributed by atoms with van der Waals surface area (Å²) in [5.74, 6) is 0. The van der Waals surface area contributed by atoms with Crippen molar-refractivity contribution >= 4 is 22.7 Å². The molecule has 0 aromatic carbocycles. The van der Waals surface area contributed by atoms with Crippen LogP contribution < -0.4 is 5.32 Å². The van der Waals surface area contributed by atoms with Gasteiger partial charge in [0.15, 0.2) is 0 Å². The average molecular weight is 267 g/mol. The van der Waals surface area contributed by atoms with Crippen molar-refractivity contribution in [2.45, 2.75) is 26.7 Å².